The van der Waals surface area contributed by atoms with Gasteiger partial charge in [0.2, 0.25) is 6.29 Å². The van der Waals surface area contributed by atoms with Gasteiger partial charge in [0.25, 0.3) is 0 Å². The lowest BCUT2D eigenvalue weighted by atomic mass is 10.2. The Morgan fingerprint density at radius 2 is 1.54 bits per heavy atom. The molecule has 0 aromatic heterocycles. The summed E-state index contributed by atoms with van der Waals surface area (Å²) in [7, 11) is 0. The average molecular weight is 182 g/mol. The lowest BCUT2D eigenvalue weighted by molar-refractivity contribution is -0.430. The van der Waals surface area contributed by atoms with Crippen LogP contribution in [-0.2, 0) is 19.6 Å². The molecule has 0 atom stereocenters. The molecule has 70 valence electrons. The predicted molar refractivity (Wildman–Crippen MR) is 43.3 cm³/mol. The summed E-state index contributed by atoms with van der Waals surface area (Å²) in [4.78, 5) is 19.5. The second-order valence-corrected chi connectivity index (χ2v) is 2.58. The van der Waals surface area contributed by atoms with Gasteiger partial charge in [-0.25, -0.2) is 9.78 Å². The first kappa shape index (κ1) is 8.65. The van der Waals surface area contributed by atoms with E-state index in [4.69, 9.17) is 19.6 Å². The number of rotatable bonds is 1. The maximum Gasteiger partial charge on any atom is 0.249 e. The zero-order valence-electron chi connectivity index (χ0n) is 7.01. The van der Waals surface area contributed by atoms with Crippen LogP contribution in [0.2, 0.25) is 0 Å². The Labute approximate surface area is 75.8 Å². The van der Waals surface area contributed by atoms with Crippen LogP contribution in [0.5, 0.6) is 0 Å². The molecular weight excluding hydrogens is 172 g/mol. The van der Waals surface area contributed by atoms with Crippen LogP contribution in [-0.4, -0.2) is 13.2 Å². The first-order chi connectivity index (χ1) is 6.47. The van der Waals surface area contributed by atoms with Gasteiger partial charge in [-0.1, -0.05) is 30.3 Å². The van der Waals surface area contributed by atoms with Crippen LogP contribution < -0.4 is 0 Å². The molecule has 1 aromatic carbocycles. The molecule has 1 fully saturated rings. The van der Waals surface area contributed by atoms with Crippen LogP contribution >= 0.6 is 0 Å². The second-order valence-electron chi connectivity index (χ2n) is 2.58. The van der Waals surface area contributed by atoms with E-state index >= 15 is 0 Å². The van der Waals surface area contributed by atoms with E-state index in [1.165, 1.54) is 0 Å². The fourth-order valence-electron chi connectivity index (χ4n) is 1.03. The zero-order chi connectivity index (χ0) is 8.93. The SMILES string of the molecule is c1ccc(C2OOCCOO2)cc1. The normalized spacial score (nSPS) is 19.7. The first-order valence-corrected chi connectivity index (χ1v) is 4.08. The predicted octanol–water partition coefficient (Wildman–Crippen LogP) is 1.60. The molecule has 13 heavy (non-hydrogen) atoms. The van der Waals surface area contributed by atoms with E-state index in [1.54, 1.807) is 0 Å². The zero-order valence-corrected chi connectivity index (χ0v) is 7.01. The molecule has 0 bridgehead atoms. The Balaban J connectivity index is 2.06. The van der Waals surface area contributed by atoms with Crippen molar-refractivity contribution >= 4 is 0 Å². The molecule has 0 radical (unpaired) electrons. The molecule has 0 unspecified atom stereocenters. The van der Waals surface area contributed by atoms with Gasteiger partial charge in [-0.3, -0.25) is 0 Å². The van der Waals surface area contributed by atoms with E-state index in [-0.39, 0.29) is 0 Å². The molecule has 1 aliphatic heterocycles. The lowest BCUT2D eigenvalue weighted by Crippen LogP contribution is -2.04. The fourth-order valence-corrected chi connectivity index (χ4v) is 1.03. The van der Waals surface area contributed by atoms with Gasteiger partial charge in [-0.2, -0.15) is 9.78 Å². The number of hydrogen-bond donors (Lipinski definition) is 0. The molecule has 1 saturated heterocycles. The van der Waals surface area contributed by atoms with E-state index in [0.29, 0.717) is 13.2 Å². The summed E-state index contributed by atoms with van der Waals surface area (Å²) in [5.41, 5.74) is 0.865. The second kappa shape index (κ2) is 4.34. The van der Waals surface area contributed by atoms with Gasteiger partial charge in [0.1, 0.15) is 13.2 Å². The fraction of sp³-hybridized carbons (Fsp3) is 0.333. The van der Waals surface area contributed by atoms with Crippen LogP contribution in [0.15, 0.2) is 30.3 Å². The third-order valence-electron chi connectivity index (χ3n) is 1.63. The van der Waals surface area contributed by atoms with Gasteiger partial charge < -0.3 is 0 Å². The highest BCUT2D eigenvalue weighted by Gasteiger charge is 2.17. The standard InChI is InChI=1S/C9H10O4/c1-2-4-8(5-3-1)9-12-10-6-7-11-13-9/h1-5,9H,6-7H2. The summed E-state index contributed by atoms with van der Waals surface area (Å²) in [6.45, 7) is 0.757. The lowest BCUT2D eigenvalue weighted by Gasteiger charge is -2.11. The minimum absolute atomic E-state index is 0.378. The van der Waals surface area contributed by atoms with Crippen LogP contribution in [0.4, 0.5) is 0 Å². The Kier molecular flexibility index (Phi) is 2.89. The maximum absolute atomic E-state index is 4.94. The highest BCUT2D eigenvalue weighted by Crippen LogP contribution is 2.20. The average Bonchev–Trinajstić information content (AvgIpc) is 2.47. The maximum atomic E-state index is 4.94. The van der Waals surface area contributed by atoms with Crippen molar-refractivity contribution in [1.82, 2.24) is 0 Å². The largest absolute Gasteiger partial charge is 0.249 e. The minimum Gasteiger partial charge on any atom is -0.231 e. The first-order valence-electron chi connectivity index (χ1n) is 4.08. The van der Waals surface area contributed by atoms with Crippen LogP contribution in [0.1, 0.15) is 11.9 Å². The molecule has 0 amide bonds. The molecule has 0 saturated carbocycles. The van der Waals surface area contributed by atoms with Gasteiger partial charge in [-0.15, -0.1) is 0 Å². The van der Waals surface area contributed by atoms with E-state index < -0.39 is 6.29 Å². The minimum atomic E-state index is -0.594. The van der Waals surface area contributed by atoms with E-state index in [0.717, 1.165) is 5.56 Å². The van der Waals surface area contributed by atoms with Crippen molar-refractivity contribution < 1.29 is 19.6 Å². The van der Waals surface area contributed by atoms with Gasteiger partial charge in [0.05, 0.1) is 0 Å². The Bertz CT molecular complexity index is 241. The number of benzene rings is 1. The highest BCUT2D eigenvalue weighted by molar-refractivity contribution is 5.15. The highest BCUT2D eigenvalue weighted by atomic mass is 17.3. The van der Waals surface area contributed by atoms with Crippen molar-refractivity contribution in [2.24, 2.45) is 0 Å². The third kappa shape index (κ3) is 2.26. The van der Waals surface area contributed by atoms with Crippen LogP contribution in [0.3, 0.4) is 0 Å². The topological polar surface area (TPSA) is 36.9 Å². The number of hydrogen-bond acceptors (Lipinski definition) is 4. The summed E-state index contributed by atoms with van der Waals surface area (Å²) in [5, 5.41) is 0. The van der Waals surface area contributed by atoms with Crippen molar-refractivity contribution in [2.75, 3.05) is 13.2 Å². The molecule has 1 aromatic rings. The van der Waals surface area contributed by atoms with Gasteiger partial charge >= 0.3 is 0 Å². The molecule has 2 rings (SSSR count). The van der Waals surface area contributed by atoms with Crippen LogP contribution in [0, 0.1) is 0 Å². The summed E-state index contributed by atoms with van der Waals surface area (Å²) in [6, 6.07) is 9.47. The summed E-state index contributed by atoms with van der Waals surface area (Å²) < 4.78 is 0. The molecule has 0 N–H and O–H groups in total. The Morgan fingerprint density at radius 1 is 0.923 bits per heavy atom. The van der Waals surface area contributed by atoms with Crippen molar-refractivity contribution in [3.8, 4) is 0 Å². The van der Waals surface area contributed by atoms with Gasteiger partial charge in [-0.05, 0) is 0 Å². The van der Waals surface area contributed by atoms with Gasteiger partial charge in [0, 0.05) is 5.56 Å². The molecule has 4 nitrogen and oxygen atoms in total. The van der Waals surface area contributed by atoms with Crippen molar-refractivity contribution in [1.29, 1.82) is 0 Å². The summed E-state index contributed by atoms with van der Waals surface area (Å²) in [5.74, 6) is 0. The summed E-state index contributed by atoms with van der Waals surface area (Å²) >= 11 is 0. The molecule has 4 heteroatoms. The molecular formula is C9H10O4. The quantitative estimate of drug-likeness (QED) is 0.618. The molecule has 0 aliphatic carbocycles. The van der Waals surface area contributed by atoms with Crippen molar-refractivity contribution in [2.45, 2.75) is 6.29 Å². The smallest absolute Gasteiger partial charge is 0.231 e. The summed E-state index contributed by atoms with van der Waals surface area (Å²) in [6.07, 6.45) is -0.594. The monoisotopic (exact) mass is 182 g/mol. The molecule has 1 heterocycles. The van der Waals surface area contributed by atoms with Crippen molar-refractivity contribution in [3.05, 3.63) is 35.9 Å². The van der Waals surface area contributed by atoms with E-state index in [1.807, 2.05) is 30.3 Å². The van der Waals surface area contributed by atoms with Gasteiger partial charge in [0.15, 0.2) is 0 Å². The third-order valence-corrected chi connectivity index (χ3v) is 1.63. The Morgan fingerprint density at radius 3 is 2.15 bits per heavy atom. The molecule has 1 aliphatic rings. The van der Waals surface area contributed by atoms with Crippen molar-refractivity contribution in [3.63, 3.8) is 0 Å². The Hall–Kier alpha value is -0.940. The van der Waals surface area contributed by atoms with Crippen LogP contribution in [0.25, 0.3) is 0 Å². The van der Waals surface area contributed by atoms with E-state index in [2.05, 4.69) is 0 Å². The molecule has 0 spiro atoms. The van der Waals surface area contributed by atoms with E-state index in [9.17, 15) is 0 Å².